The third kappa shape index (κ3) is 5.89. The molecule has 51 heavy (non-hydrogen) atoms. The topological polar surface area (TPSA) is 9.86 Å². The summed E-state index contributed by atoms with van der Waals surface area (Å²) in [6, 6.07) is 35.3. The number of rotatable bonds is 3. The Bertz CT molecular complexity index is 2430. The van der Waals surface area contributed by atoms with Crippen LogP contribution in [0.25, 0.3) is 55.0 Å². The summed E-state index contributed by atoms with van der Waals surface area (Å²) in [6.45, 7) is 32.9. The van der Waals surface area contributed by atoms with Crippen LogP contribution in [0.1, 0.15) is 131 Å². The predicted octanol–water partition coefficient (Wildman–Crippen LogP) is 14.2. The van der Waals surface area contributed by atoms with Crippen LogP contribution in [-0.2, 0) is 21.7 Å². The maximum Gasteiger partial charge on any atom is 0.0599 e. The van der Waals surface area contributed by atoms with Gasteiger partial charge in [0.15, 0.2) is 0 Å². The van der Waals surface area contributed by atoms with Crippen molar-refractivity contribution in [3.8, 4) is 11.4 Å². The molecule has 0 aliphatic carbocycles. The van der Waals surface area contributed by atoms with E-state index in [1.807, 2.05) is 0 Å². The van der Waals surface area contributed by atoms with Crippen LogP contribution in [0.5, 0.6) is 0 Å². The normalized spacial score (nSPS) is 13.5. The molecule has 0 unspecified atom stereocenters. The molecule has 0 aliphatic rings. The van der Waals surface area contributed by atoms with Crippen LogP contribution in [0.4, 0.5) is 0 Å². The molecule has 2 nitrogen and oxygen atoms in total. The SMILES string of the molecule is CC(C)c1cc(-n2c3ccccc3c3cc4c5ccccc5n(-c5cc(C(C)(C)C)cc(C(C)(C)C)c5)c4c(C(C)(C)C)c32)cc(C(C)(C)C)c1. The number of aromatic nitrogens is 2. The van der Waals surface area contributed by atoms with Crippen LogP contribution in [0.3, 0.4) is 0 Å². The number of nitrogens with zero attached hydrogens (tertiary/aromatic N) is 2. The molecular formula is C49H58N2. The van der Waals surface area contributed by atoms with Gasteiger partial charge < -0.3 is 9.13 Å². The number of para-hydroxylation sites is 2. The van der Waals surface area contributed by atoms with E-state index in [-0.39, 0.29) is 21.7 Å². The predicted molar refractivity (Wildman–Crippen MR) is 224 cm³/mol. The van der Waals surface area contributed by atoms with Gasteiger partial charge in [-0.25, -0.2) is 0 Å². The molecule has 0 radical (unpaired) electrons. The van der Waals surface area contributed by atoms with Crippen LogP contribution in [0, 0.1) is 0 Å². The summed E-state index contributed by atoms with van der Waals surface area (Å²) in [4.78, 5) is 0. The van der Waals surface area contributed by atoms with Crippen molar-refractivity contribution in [2.24, 2.45) is 0 Å². The highest BCUT2D eigenvalue weighted by atomic mass is 15.0. The highest BCUT2D eigenvalue weighted by Crippen LogP contribution is 2.47. The molecule has 0 spiro atoms. The lowest BCUT2D eigenvalue weighted by molar-refractivity contribution is 0.567. The molecule has 7 aromatic rings. The molecule has 7 rings (SSSR count). The van der Waals surface area contributed by atoms with E-state index in [9.17, 15) is 0 Å². The van der Waals surface area contributed by atoms with Gasteiger partial charge in [-0.3, -0.25) is 0 Å². The lowest BCUT2D eigenvalue weighted by Crippen LogP contribution is -2.18. The van der Waals surface area contributed by atoms with Gasteiger partial charge in [-0.15, -0.1) is 0 Å². The minimum atomic E-state index is -0.174. The maximum atomic E-state index is 2.60. The van der Waals surface area contributed by atoms with Gasteiger partial charge >= 0.3 is 0 Å². The Hall–Kier alpha value is -4.30. The molecule has 0 atom stereocenters. The summed E-state index contributed by atoms with van der Waals surface area (Å²) < 4.78 is 5.20. The molecule has 5 aromatic carbocycles. The monoisotopic (exact) mass is 674 g/mol. The Morgan fingerprint density at radius 3 is 1.20 bits per heavy atom. The second-order valence-corrected chi connectivity index (χ2v) is 19.5. The smallest absolute Gasteiger partial charge is 0.0599 e. The molecule has 0 saturated carbocycles. The minimum absolute atomic E-state index is 0.00745. The summed E-state index contributed by atoms with van der Waals surface area (Å²) in [5.74, 6) is 0.419. The molecule has 264 valence electrons. The summed E-state index contributed by atoms with van der Waals surface area (Å²) >= 11 is 0. The van der Waals surface area contributed by atoms with Gasteiger partial charge in [-0.1, -0.05) is 145 Å². The summed E-state index contributed by atoms with van der Waals surface area (Å²) in [7, 11) is 0. The summed E-state index contributed by atoms with van der Waals surface area (Å²) in [6.07, 6.45) is 0. The van der Waals surface area contributed by atoms with Crippen molar-refractivity contribution in [3.05, 3.63) is 119 Å². The van der Waals surface area contributed by atoms with Gasteiger partial charge in [0.05, 0.1) is 22.1 Å². The lowest BCUT2D eigenvalue weighted by atomic mass is 9.80. The fraction of sp³-hybridized carbons (Fsp3) is 0.388. The third-order valence-electron chi connectivity index (χ3n) is 11.0. The van der Waals surface area contributed by atoms with Gasteiger partial charge in [0, 0.05) is 38.5 Å². The van der Waals surface area contributed by atoms with Crippen LogP contribution in [-0.4, -0.2) is 9.13 Å². The quantitative estimate of drug-likeness (QED) is 0.177. The van der Waals surface area contributed by atoms with E-state index in [0.717, 1.165) is 0 Å². The molecule has 2 heterocycles. The summed E-state index contributed by atoms with van der Waals surface area (Å²) in [5.41, 5.74) is 14.3. The number of hydrogen-bond donors (Lipinski definition) is 0. The Morgan fingerprint density at radius 2 is 0.804 bits per heavy atom. The first-order valence-corrected chi connectivity index (χ1v) is 19.0. The maximum absolute atomic E-state index is 2.60. The van der Waals surface area contributed by atoms with E-state index in [0.29, 0.717) is 5.92 Å². The van der Waals surface area contributed by atoms with Crippen molar-refractivity contribution in [2.75, 3.05) is 0 Å². The molecule has 0 amide bonds. The van der Waals surface area contributed by atoms with E-state index in [1.165, 1.54) is 82.8 Å². The molecule has 0 fully saturated rings. The van der Waals surface area contributed by atoms with E-state index in [2.05, 4.69) is 197 Å². The second kappa shape index (κ2) is 11.6. The zero-order valence-electron chi connectivity index (χ0n) is 33.6. The van der Waals surface area contributed by atoms with Gasteiger partial charge in [-0.2, -0.15) is 0 Å². The number of benzene rings is 5. The standard InChI is InChI=1S/C49H58N2/c1-30(2)31-23-32(46(3,4)5)26-35(24-31)50-41-21-17-15-19-37(41)39-29-40-38-20-16-18-22-42(38)51(45(40)43(44(39)50)49(12,13)14)36-27-33(47(6,7)8)25-34(28-36)48(9,10)11/h15-30H,1-14H3. The number of hydrogen-bond acceptors (Lipinski definition) is 0. The van der Waals surface area contributed by atoms with Crippen molar-refractivity contribution >= 4 is 43.6 Å². The van der Waals surface area contributed by atoms with Crippen molar-refractivity contribution < 1.29 is 0 Å². The Morgan fingerprint density at radius 1 is 0.412 bits per heavy atom. The van der Waals surface area contributed by atoms with E-state index >= 15 is 0 Å². The fourth-order valence-corrected chi connectivity index (χ4v) is 7.95. The Balaban J connectivity index is 1.75. The van der Waals surface area contributed by atoms with Crippen LogP contribution in [0.2, 0.25) is 0 Å². The highest BCUT2D eigenvalue weighted by molar-refractivity contribution is 6.21. The molecule has 0 bridgehead atoms. The van der Waals surface area contributed by atoms with Crippen molar-refractivity contribution in [3.63, 3.8) is 0 Å². The number of fused-ring (bicyclic) bond motifs is 6. The Labute approximate surface area is 306 Å². The minimum Gasteiger partial charge on any atom is -0.309 e. The molecule has 0 aliphatic heterocycles. The van der Waals surface area contributed by atoms with Crippen LogP contribution >= 0.6 is 0 Å². The zero-order valence-corrected chi connectivity index (χ0v) is 33.6. The summed E-state index contributed by atoms with van der Waals surface area (Å²) in [5, 5.41) is 5.23. The average molecular weight is 675 g/mol. The average Bonchev–Trinajstić information content (AvgIpc) is 3.54. The second-order valence-electron chi connectivity index (χ2n) is 19.5. The first kappa shape index (κ1) is 35.1. The van der Waals surface area contributed by atoms with E-state index < -0.39 is 0 Å². The highest BCUT2D eigenvalue weighted by Gasteiger charge is 2.31. The largest absolute Gasteiger partial charge is 0.309 e. The first-order valence-electron chi connectivity index (χ1n) is 19.0. The lowest BCUT2D eigenvalue weighted by Gasteiger charge is -2.28. The van der Waals surface area contributed by atoms with Crippen molar-refractivity contribution in [1.82, 2.24) is 9.13 Å². The Kier molecular flexibility index (Phi) is 7.99. The van der Waals surface area contributed by atoms with Gasteiger partial charge in [0.25, 0.3) is 0 Å². The third-order valence-corrected chi connectivity index (χ3v) is 11.0. The molecule has 2 aromatic heterocycles. The molecule has 0 N–H and O–H groups in total. The molecular weight excluding hydrogens is 617 g/mol. The molecule has 2 heteroatoms. The van der Waals surface area contributed by atoms with Crippen LogP contribution in [0.15, 0.2) is 91.0 Å². The van der Waals surface area contributed by atoms with Gasteiger partial charge in [0.2, 0.25) is 0 Å². The zero-order chi connectivity index (χ0) is 37.0. The first-order chi connectivity index (χ1) is 23.7. The van der Waals surface area contributed by atoms with Crippen molar-refractivity contribution in [2.45, 2.75) is 125 Å². The fourth-order valence-electron chi connectivity index (χ4n) is 7.95. The van der Waals surface area contributed by atoms with Gasteiger partial charge in [0.1, 0.15) is 0 Å². The van der Waals surface area contributed by atoms with Gasteiger partial charge in [-0.05, 0) is 92.3 Å². The van der Waals surface area contributed by atoms with Crippen LogP contribution < -0.4 is 0 Å². The van der Waals surface area contributed by atoms with E-state index in [1.54, 1.807) is 0 Å². The van der Waals surface area contributed by atoms with Crippen molar-refractivity contribution in [1.29, 1.82) is 0 Å². The molecule has 0 saturated heterocycles. The van der Waals surface area contributed by atoms with E-state index in [4.69, 9.17) is 0 Å².